The van der Waals surface area contributed by atoms with Gasteiger partial charge < -0.3 is 9.31 Å². The van der Waals surface area contributed by atoms with Gasteiger partial charge in [-0.25, -0.2) is 92.2 Å². The van der Waals surface area contributed by atoms with E-state index in [1.807, 2.05) is 0 Å². The van der Waals surface area contributed by atoms with E-state index in [0.29, 0.717) is 12.1 Å². The van der Waals surface area contributed by atoms with Gasteiger partial charge in [-0.3, -0.25) is 0 Å². The zero-order valence-electron chi connectivity index (χ0n) is 34.4. The van der Waals surface area contributed by atoms with Crippen molar-refractivity contribution in [1.29, 1.82) is 0 Å². The molecule has 0 heterocycles. The lowest BCUT2D eigenvalue weighted by atomic mass is 9.73. The first-order valence-electron chi connectivity index (χ1n) is 20.1. The summed E-state index contributed by atoms with van der Waals surface area (Å²) in [4.78, 5) is 0. The zero-order chi connectivity index (χ0) is 53.2. The van der Waals surface area contributed by atoms with Crippen molar-refractivity contribution in [2.75, 3.05) is 0 Å². The van der Waals surface area contributed by atoms with Crippen molar-refractivity contribution in [2.24, 2.45) is 0 Å². The minimum absolute atomic E-state index is 0.377. The number of hydrogen-bond donors (Lipinski definition) is 0. The quantitative estimate of drug-likeness (QED) is 0.0740. The Morgan fingerprint density at radius 1 is 0.216 bits per heavy atom. The molecule has 0 bridgehead atoms. The highest BCUT2D eigenvalue weighted by Crippen LogP contribution is 2.52. The summed E-state index contributed by atoms with van der Waals surface area (Å²) in [6.07, 6.45) is 0. The number of rotatable bonds is 5. The van der Waals surface area contributed by atoms with Crippen LogP contribution in [0.2, 0.25) is 0 Å². The third-order valence-electron chi connectivity index (χ3n) is 13.0. The molecule has 0 aliphatic carbocycles. The normalized spacial score (nSPS) is 12.5. The van der Waals surface area contributed by atoms with Gasteiger partial charge in [-0.2, -0.15) is 8.78 Å². The molecule has 0 N–H and O–H groups in total. The van der Waals surface area contributed by atoms with Gasteiger partial charge in [0.15, 0.2) is 139 Å². The molecule has 372 valence electrons. The van der Waals surface area contributed by atoms with E-state index >= 15 is 92.2 Å². The van der Waals surface area contributed by atoms with Gasteiger partial charge >= 0.3 is 7.12 Å². The Balaban J connectivity index is 1.27. The van der Waals surface area contributed by atoms with Gasteiger partial charge in [0.05, 0.1) is 59.3 Å². The number of hydrogen-bond acceptors (Lipinski definition) is 2. The Hall–Kier alpha value is -8.19. The lowest BCUT2D eigenvalue weighted by Gasteiger charge is -2.25. The van der Waals surface area contributed by atoms with Crippen molar-refractivity contribution < 1.29 is 110 Å². The highest BCUT2D eigenvalue weighted by molar-refractivity contribution is 6.67. The summed E-state index contributed by atoms with van der Waals surface area (Å²) < 4.78 is 375. The summed E-state index contributed by atoms with van der Waals surface area (Å²) >= 11 is 0. The fourth-order valence-electron chi connectivity index (χ4n) is 9.97. The lowest BCUT2D eigenvalue weighted by Crippen LogP contribution is -2.46. The average molecular weight is 1060 g/mol. The van der Waals surface area contributed by atoms with Crippen LogP contribution in [0, 0.1) is 134 Å². The Kier molecular flexibility index (Phi) is 9.47. The van der Waals surface area contributed by atoms with Gasteiger partial charge in [0, 0.05) is 32.3 Å². The molecule has 0 fully saturated rings. The zero-order valence-corrected chi connectivity index (χ0v) is 34.4. The van der Waals surface area contributed by atoms with Gasteiger partial charge in [-0.15, -0.1) is 0 Å². The minimum Gasteiger partial charge on any atom is -0.519 e. The van der Waals surface area contributed by atoms with Crippen LogP contribution in [0.25, 0.3) is 97.0 Å². The van der Waals surface area contributed by atoms with Gasteiger partial charge in [0.25, 0.3) is 0 Å². The molecule has 12 aromatic carbocycles. The molecule has 0 unspecified atom stereocenters. The van der Waals surface area contributed by atoms with E-state index in [1.165, 1.54) is 0 Å². The van der Waals surface area contributed by atoms with Gasteiger partial charge in [0.2, 0.25) is 0 Å². The van der Waals surface area contributed by atoms with Crippen molar-refractivity contribution in [3.8, 4) is 11.5 Å². The monoisotopic (exact) mass is 1060 g/mol. The fourth-order valence-corrected chi connectivity index (χ4v) is 9.97. The van der Waals surface area contributed by atoms with E-state index in [1.54, 1.807) is 0 Å². The second-order valence-corrected chi connectivity index (χ2v) is 16.4. The molecule has 0 radical (unpaired) electrons. The van der Waals surface area contributed by atoms with Crippen LogP contribution in [0.15, 0.2) is 24.3 Å². The van der Waals surface area contributed by atoms with Crippen LogP contribution in [0.3, 0.4) is 0 Å². The summed E-state index contributed by atoms with van der Waals surface area (Å²) in [6, 6.07) is 2.67. The van der Waals surface area contributed by atoms with Crippen LogP contribution < -0.4 is 14.8 Å². The van der Waals surface area contributed by atoms with E-state index in [0.717, 1.165) is 12.1 Å². The van der Waals surface area contributed by atoms with E-state index in [2.05, 4.69) is 0 Å². The molecule has 0 atom stereocenters. The van der Waals surface area contributed by atoms with Crippen molar-refractivity contribution in [2.45, 2.75) is 0 Å². The lowest BCUT2D eigenvalue weighted by molar-refractivity contribution is 0.388. The average Bonchev–Trinajstić information content (AvgIpc) is 3.38. The smallest absolute Gasteiger partial charge is 0.519 e. The molecule has 12 rings (SSSR count). The largest absolute Gasteiger partial charge is 0.636 e. The first-order valence-corrected chi connectivity index (χ1v) is 20.1. The van der Waals surface area contributed by atoms with E-state index in [-0.39, 0.29) is 5.39 Å². The Morgan fingerprint density at radius 3 is 0.865 bits per heavy atom. The molecule has 0 saturated heterocycles. The van der Waals surface area contributed by atoms with Crippen LogP contribution in [-0.4, -0.2) is 7.12 Å². The minimum atomic E-state index is -3.89. The van der Waals surface area contributed by atoms with Gasteiger partial charge in [0.1, 0.15) is 5.82 Å². The molecular formula is C48H4BF23O2. The maximum absolute atomic E-state index is 17.1. The van der Waals surface area contributed by atoms with Crippen molar-refractivity contribution in [1.82, 2.24) is 0 Å². The van der Waals surface area contributed by atoms with Crippen molar-refractivity contribution in [3.63, 3.8) is 0 Å². The maximum atomic E-state index is 17.1. The first-order chi connectivity index (χ1) is 34.9. The van der Waals surface area contributed by atoms with Crippen molar-refractivity contribution in [3.05, 3.63) is 158 Å². The third kappa shape index (κ3) is 5.31. The van der Waals surface area contributed by atoms with Gasteiger partial charge in [-0.1, -0.05) is 18.2 Å². The summed E-state index contributed by atoms with van der Waals surface area (Å²) in [7, 11) is -3.89. The highest BCUT2D eigenvalue weighted by Gasteiger charge is 2.44. The van der Waals surface area contributed by atoms with Gasteiger partial charge in [-0.05, 0) is 16.8 Å². The summed E-state index contributed by atoms with van der Waals surface area (Å²) in [5.41, 5.74) is -1.97. The summed E-state index contributed by atoms with van der Waals surface area (Å²) in [5.74, 6) is -66.9. The SMILES string of the molecule is Fc1c(B(Oc2c(F)c(F)c3c(F)c(F)c4c(F)c(F)c(F)c5c(F)c(F)c2c3c45)Oc2c(F)c(F)c3c(F)c(F)c4c(F)c(F)c(F)c5c(F)c(F)c2c3c45)c2ccc3ccc(F)c4c(F)c(F)c(c1F)c2c34. The summed E-state index contributed by atoms with van der Waals surface area (Å²) in [6.45, 7) is 0. The Bertz CT molecular complexity index is 4400. The molecule has 0 saturated carbocycles. The second-order valence-electron chi connectivity index (χ2n) is 16.4. The summed E-state index contributed by atoms with van der Waals surface area (Å²) in [5, 5.41) is -31.7. The maximum Gasteiger partial charge on any atom is 0.636 e. The molecule has 12 aromatic rings. The van der Waals surface area contributed by atoms with Crippen molar-refractivity contribution >= 4 is 110 Å². The second kappa shape index (κ2) is 15.0. The van der Waals surface area contributed by atoms with Crippen LogP contribution in [0.1, 0.15) is 0 Å². The highest BCUT2D eigenvalue weighted by atomic mass is 19.2. The number of benzene rings is 12. The standard InChI is InChI=1S/C48H4BF23O2/c50-7-4-2-5-1-3-6-9-8(5)10(7)25(51)26(52)15(9)33(59)42(68)24(6)49(73-47-22-13-11-16(27(53)29(55)20(13)38(64)45(47)71)34(60)43(69)36(62)18(11)31(57)40(22)66)74-48-23-14-12-17(28(54)30(56)21(14)39(65)46(48)72)35(61)44(70)37(63)19(12)32(58)41(23)67/h1-4H. The molecular weight excluding hydrogens is 1060 g/mol. The molecule has 0 aliphatic rings. The van der Waals surface area contributed by atoms with E-state index in [4.69, 9.17) is 9.31 Å². The molecule has 0 aromatic heterocycles. The fraction of sp³-hybridized carbons (Fsp3) is 0. The topological polar surface area (TPSA) is 18.5 Å². The molecule has 74 heavy (non-hydrogen) atoms. The van der Waals surface area contributed by atoms with E-state index in [9.17, 15) is 8.78 Å². The predicted octanol–water partition coefficient (Wildman–Crippen LogP) is 15.4. The van der Waals surface area contributed by atoms with Crippen LogP contribution in [0.5, 0.6) is 11.5 Å². The molecule has 0 amide bonds. The Morgan fingerprint density at radius 2 is 0.486 bits per heavy atom. The molecule has 2 nitrogen and oxygen atoms in total. The van der Waals surface area contributed by atoms with Crippen LogP contribution in [-0.2, 0) is 0 Å². The third-order valence-corrected chi connectivity index (χ3v) is 13.0. The molecule has 0 spiro atoms. The molecule has 0 aliphatic heterocycles. The predicted molar refractivity (Wildman–Crippen MR) is 216 cm³/mol. The van der Waals surface area contributed by atoms with Crippen LogP contribution in [0.4, 0.5) is 101 Å². The Labute approximate surface area is 389 Å². The molecule has 26 heteroatoms. The van der Waals surface area contributed by atoms with E-state index < -0.39 is 249 Å². The first kappa shape index (κ1) is 46.9. The number of halogens is 23. The van der Waals surface area contributed by atoms with Crippen LogP contribution >= 0.6 is 0 Å².